The van der Waals surface area contributed by atoms with Gasteiger partial charge in [0.1, 0.15) is 11.3 Å². The molecule has 1 unspecified atom stereocenters. The van der Waals surface area contributed by atoms with Crippen LogP contribution in [0, 0.1) is 5.92 Å². The summed E-state index contributed by atoms with van der Waals surface area (Å²) in [6.45, 7) is 5.85. The fourth-order valence-corrected chi connectivity index (χ4v) is 4.36. The van der Waals surface area contributed by atoms with Gasteiger partial charge in [0.05, 0.1) is 6.54 Å². The van der Waals surface area contributed by atoms with Crippen molar-refractivity contribution in [2.75, 3.05) is 32.8 Å². The Bertz CT molecular complexity index is 627. The Labute approximate surface area is 144 Å². The Morgan fingerprint density at radius 3 is 2.71 bits per heavy atom. The zero-order valence-corrected chi connectivity index (χ0v) is 14.4. The van der Waals surface area contributed by atoms with Crippen LogP contribution in [0.25, 0.3) is 11.0 Å². The van der Waals surface area contributed by atoms with E-state index in [2.05, 4.69) is 28.0 Å². The Balaban J connectivity index is 1.31. The molecule has 2 fully saturated rings. The second-order valence-electron chi connectivity index (χ2n) is 7.44. The Kier molecular flexibility index (Phi) is 4.88. The Morgan fingerprint density at radius 1 is 1.08 bits per heavy atom. The first kappa shape index (κ1) is 16.1. The van der Waals surface area contributed by atoms with Gasteiger partial charge in [-0.3, -0.25) is 9.80 Å². The lowest BCUT2D eigenvalue weighted by Crippen LogP contribution is -2.48. The molecule has 2 aromatic rings. The number of likely N-dealkylation sites (tertiary alicyclic amines) is 2. The summed E-state index contributed by atoms with van der Waals surface area (Å²) in [7, 11) is 0. The van der Waals surface area contributed by atoms with Crippen molar-refractivity contribution in [3.8, 4) is 0 Å². The van der Waals surface area contributed by atoms with Crippen molar-refractivity contribution in [1.82, 2.24) is 9.80 Å². The number of rotatable bonds is 4. The third kappa shape index (κ3) is 3.51. The first-order valence-electron chi connectivity index (χ1n) is 9.36. The van der Waals surface area contributed by atoms with E-state index >= 15 is 0 Å². The third-order valence-corrected chi connectivity index (χ3v) is 5.74. The maximum Gasteiger partial charge on any atom is 0.134 e. The van der Waals surface area contributed by atoms with E-state index in [-0.39, 0.29) is 0 Å². The predicted molar refractivity (Wildman–Crippen MR) is 95.9 cm³/mol. The monoisotopic (exact) mass is 328 g/mol. The molecule has 2 aliphatic rings. The lowest BCUT2D eigenvalue weighted by Gasteiger charge is -2.42. The van der Waals surface area contributed by atoms with Gasteiger partial charge in [-0.05, 0) is 50.3 Å². The van der Waals surface area contributed by atoms with Crippen LogP contribution >= 0.6 is 0 Å². The topological polar surface area (TPSA) is 39.9 Å². The van der Waals surface area contributed by atoms with Crippen molar-refractivity contribution >= 4 is 11.0 Å². The first-order chi connectivity index (χ1) is 11.8. The van der Waals surface area contributed by atoms with Crippen molar-refractivity contribution in [2.24, 2.45) is 5.92 Å². The number of hydrogen-bond acceptors (Lipinski definition) is 4. The molecule has 1 atom stereocenters. The number of aliphatic hydroxyl groups excluding tert-OH is 1. The van der Waals surface area contributed by atoms with Gasteiger partial charge in [0.25, 0.3) is 0 Å². The van der Waals surface area contributed by atoms with E-state index in [0.29, 0.717) is 18.6 Å². The van der Waals surface area contributed by atoms with E-state index in [0.717, 1.165) is 37.5 Å². The zero-order chi connectivity index (χ0) is 16.4. The van der Waals surface area contributed by atoms with Crippen molar-refractivity contribution in [1.29, 1.82) is 0 Å². The highest BCUT2D eigenvalue weighted by atomic mass is 16.3. The van der Waals surface area contributed by atoms with Gasteiger partial charge in [-0.1, -0.05) is 18.2 Å². The van der Waals surface area contributed by atoms with E-state index in [1.165, 1.54) is 37.6 Å². The molecule has 24 heavy (non-hydrogen) atoms. The number of fused-ring (bicyclic) bond motifs is 1. The highest BCUT2D eigenvalue weighted by Gasteiger charge is 2.28. The highest BCUT2D eigenvalue weighted by Crippen LogP contribution is 2.25. The molecule has 2 aliphatic heterocycles. The number of para-hydroxylation sites is 1. The molecule has 2 saturated heterocycles. The van der Waals surface area contributed by atoms with Gasteiger partial charge in [0.2, 0.25) is 0 Å². The van der Waals surface area contributed by atoms with Crippen LogP contribution in [0.5, 0.6) is 0 Å². The fraction of sp³-hybridized carbons (Fsp3) is 0.600. The molecule has 1 aromatic heterocycles. The number of aliphatic hydroxyl groups is 1. The van der Waals surface area contributed by atoms with Crippen molar-refractivity contribution in [2.45, 2.75) is 38.3 Å². The van der Waals surface area contributed by atoms with Gasteiger partial charge in [0.15, 0.2) is 0 Å². The second-order valence-corrected chi connectivity index (χ2v) is 7.44. The average molecular weight is 328 g/mol. The van der Waals surface area contributed by atoms with E-state index in [1.807, 2.05) is 12.1 Å². The van der Waals surface area contributed by atoms with Crippen LogP contribution in [0.1, 0.15) is 31.4 Å². The largest absolute Gasteiger partial charge is 0.460 e. The molecule has 0 amide bonds. The summed E-state index contributed by atoms with van der Waals surface area (Å²) in [5.41, 5.74) is 0.991. The molecule has 0 saturated carbocycles. The maximum atomic E-state index is 9.43. The number of hydrogen-bond donors (Lipinski definition) is 1. The SMILES string of the molecule is OCC1CCCN(C2CCN(Cc3cc4ccccc4o3)CC2)C1. The summed E-state index contributed by atoms with van der Waals surface area (Å²) in [4.78, 5) is 5.14. The van der Waals surface area contributed by atoms with Crippen LogP contribution in [-0.2, 0) is 6.54 Å². The van der Waals surface area contributed by atoms with Crippen LogP contribution in [0.15, 0.2) is 34.7 Å². The zero-order valence-electron chi connectivity index (χ0n) is 14.4. The standard InChI is InChI=1S/C20H28N2O2/c23-15-16-4-3-9-22(13-16)18-7-10-21(11-8-18)14-19-12-17-5-1-2-6-20(17)24-19/h1-2,5-6,12,16,18,23H,3-4,7-11,13-15H2. The molecule has 0 bridgehead atoms. The minimum absolute atomic E-state index is 0.349. The molecule has 0 spiro atoms. The summed E-state index contributed by atoms with van der Waals surface area (Å²) in [5.74, 6) is 1.57. The molecule has 0 aliphatic carbocycles. The molecule has 1 N–H and O–H groups in total. The average Bonchev–Trinajstić information content (AvgIpc) is 3.04. The molecule has 4 rings (SSSR count). The lowest BCUT2D eigenvalue weighted by atomic mass is 9.94. The molecular weight excluding hydrogens is 300 g/mol. The smallest absolute Gasteiger partial charge is 0.134 e. The van der Waals surface area contributed by atoms with E-state index < -0.39 is 0 Å². The third-order valence-electron chi connectivity index (χ3n) is 5.74. The van der Waals surface area contributed by atoms with Gasteiger partial charge >= 0.3 is 0 Å². The predicted octanol–water partition coefficient (Wildman–Crippen LogP) is 3.10. The number of furan rings is 1. The molecule has 3 heterocycles. The number of nitrogens with zero attached hydrogens (tertiary/aromatic N) is 2. The van der Waals surface area contributed by atoms with Crippen LogP contribution in [0.2, 0.25) is 0 Å². The quantitative estimate of drug-likeness (QED) is 0.936. The molecule has 4 nitrogen and oxygen atoms in total. The molecule has 4 heteroatoms. The number of benzene rings is 1. The van der Waals surface area contributed by atoms with Crippen LogP contribution in [0.3, 0.4) is 0 Å². The second kappa shape index (κ2) is 7.26. The Hall–Kier alpha value is -1.36. The summed E-state index contributed by atoms with van der Waals surface area (Å²) < 4.78 is 5.96. The maximum absolute atomic E-state index is 9.43. The number of piperidine rings is 2. The fourth-order valence-electron chi connectivity index (χ4n) is 4.36. The van der Waals surface area contributed by atoms with Gasteiger partial charge in [-0.2, -0.15) is 0 Å². The first-order valence-corrected chi connectivity index (χ1v) is 9.36. The van der Waals surface area contributed by atoms with Gasteiger partial charge < -0.3 is 9.52 Å². The minimum Gasteiger partial charge on any atom is -0.460 e. The summed E-state index contributed by atoms with van der Waals surface area (Å²) >= 11 is 0. The van der Waals surface area contributed by atoms with Crippen LogP contribution in [-0.4, -0.2) is 53.7 Å². The molecule has 0 radical (unpaired) electrons. The van der Waals surface area contributed by atoms with Crippen molar-refractivity contribution in [3.05, 3.63) is 36.1 Å². The van der Waals surface area contributed by atoms with Gasteiger partial charge in [-0.25, -0.2) is 0 Å². The lowest BCUT2D eigenvalue weighted by molar-refractivity contribution is 0.0513. The van der Waals surface area contributed by atoms with E-state index in [1.54, 1.807) is 0 Å². The van der Waals surface area contributed by atoms with Crippen molar-refractivity contribution < 1.29 is 9.52 Å². The van der Waals surface area contributed by atoms with Crippen LogP contribution < -0.4 is 0 Å². The molecular formula is C20H28N2O2. The summed E-state index contributed by atoms with van der Waals surface area (Å²) in [6, 6.07) is 11.1. The van der Waals surface area contributed by atoms with Crippen LogP contribution in [0.4, 0.5) is 0 Å². The summed E-state index contributed by atoms with van der Waals surface area (Å²) in [6.07, 6.45) is 4.90. The Morgan fingerprint density at radius 2 is 1.92 bits per heavy atom. The van der Waals surface area contributed by atoms with E-state index in [9.17, 15) is 5.11 Å². The van der Waals surface area contributed by atoms with Crippen molar-refractivity contribution in [3.63, 3.8) is 0 Å². The van der Waals surface area contributed by atoms with Gasteiger partial charge in [-0.15, -0.1) is 0 Å². The molecule has 1 aromatic carbocycles. The minimum atomic E-state index is 0.349. The van der Waals surface area contributed by atoms with E-state index in [4.69, 9.17) is 4.42 Å². The normalized spacial score (nSPS) is 24.6. The molecule has 130 valence electrons. The van der Waals surface area contributed by atoms with Gasteiger partial charge in [0, 0.05) is 37.7 Å². The summed E-state index contributed by atoms with van der Waals surface area (Å²) in [5, 5.41) is 10.6. The highest BCUT2D eigenvalue weighted by molar-refractivity contribution is 5.77.